The molecule has 0 saturated carbocycles. The summed E-state index contributed by atoms with van der Waals surface area (Å²) in [6.07, 6.45) is 3.57. The largest absolute Gasteiger partial charge is 0.443 e. The molecule has 0 bridgehead atoms. The van der Waals surface area contributed by atoms with Crippen molar-refractivity contribution in [3.05, 3.63) is 77.9 Å². The minimum absolute atomic E-state index is 0.130. The number of ether oxygens (including phenoxy) is 1. The molecule has 3 rings (SSSR count). The van der Waals surface area contributed by atoms with Crippen LogP contribution in [-0.4, -0.2) is 23.1 Å². The third kappa shape index (κ3) is 4.01. The Bertz CT molecular complexity index is 729. The fraction of sp³-hybridized carbons (Fsp3) is 0.158. The Balaban J connectivity index is 1.50. The van der Waals surface area contributed by atoms with Crippen molar-refractivity contribution in [3.63, 3.8) is 0 Å². The molecule has 1 atom stereocenters. The predicted octanol–water partition coefficient (Wildman–Crippen LogP) is 3.14. The maximum atomic E-state index is 11.8. The van der Waals surface area contributed by atoms with E-state index in [1.54, 1.807) is 0 Å². The quantitative estimate of drug-likeness (QED) is 0.860. The molecule has 1 heterocycles. The van der Waals surface area contributed by atoms with Crippen LogP contribution in [0.4, 0.5) is 4.79 Å². The summed E-state index contributed by atoms with van der Waals surface area (Å²) in [6.45, 7) is 0.166. The fourth-order valence-electron chi connectivity index (χ4n) is 2.38. The Morgan fingerprint density at radius 3 is 2.46 bits per heavy atom. The normalized spacial score (nSPS) is 16.8. The van der Waals surface area contributed by atoms with Crippen molar-refractivity contribution in [1.29, 1.82) is 0 Å². The first-order valence-corrected chi connectivity index (χ1v) is 7.75. The van der Waals surface area contributed by atoms with Crippen LogP contribution >= 0.6 is 0 Å². The Morgan fingerprint density at radius 1 is 1.12 bits per heavy atom. The fourth-order valence-corrected chi connectivity index (χ4v) is 2.38. The van der Waals surface area contributed by atoms with E-state index in [-0.39, 0.29) is 18.6 Å². The Hall–Kier alpha value is -3.08. The summed E-state index contributed by atoms with van der Waals surface area (Å²) in [5, 5.41) is 1.30. The summed E-state index contributed by atoms with van der Waals surface area (Å²) in [5.74, 6) is -0.130. The third-order valence-electron chi connectivity index (χ3n) is 3.72. The number of amides is 2. The van der Waals surface area contributed by atoms with Gasteiger partial charge in [-0.05, 0) is 11.1 Å². The lowest BCUT2D eigenvalue weighted by atomic mass is 10.0. The van der Waals surface area contributed by atoms with E-state index in [2.05, 4.69) is 5.43 Å². The minimum atomic E-state index is -0.634. The Morgan fingerprint density at radius 2 is 1.79 bits per heavy atom. The van der Waals surface area contributed by atoms with Crippen molar-refractivity contribution < 1.29 is 14.3 Å². The molecular weight excluding hydrogens is 304 g/mol. The average Bonchev–Trinajstić information content (AvgIpc) is 2.63. The van der Waals surface area contributed by atoms with Gasteiger partial charge in [0.1, 0.15) is 6.61 Å². The van der Waals surface area contributed by atoms with Gasteiger partial charge in [0.2, 0.25) is 5.91 Å². The lowest BCUT2D eigenvalue weighted by Crippen LogP contribution is -2.60. The van der Waals surface area contributed by atoms with Gasteiger partial charge in [0.15, 0.2) is 0 Å². The van der Waals surface area contributed by atoms with Crippen LogP contribution in [0.5, 0.6) is 0 Å². The topological polar surface area (TPSA) is 58.6 Å². The van der Waals surface area contributed by atoms with Crippen molar-refractivity contribution in [2.24, 2.45) is 0 Å². The summed E-state index contributed by atoms with van der Waals surface area (Å²) in [6, 6.07) is 19.0. The lowest BCUT2D eigenvalue weighted by molar-refractivity contribution is -0.147. The van der Waals surface area contributed by atoms with Gasteiger partial charge in [0, 0.05) is 0 Å². The van der Waals surface area contributed by atoms with Gasteiger partial charge < -0.3 is 4.74 Å². The number of hydrogen-bond donors (Lipinski definition) is 1. The Kier molecular flexibility index (Phi) is 4.91. The molecule has 5 heteroatoms. The molecule has 2 aromatic carbocycles. The molecule has 2 amide bonds. The zero-order valence-corrected chi connectivity index (χ0v) is 13.1. The third-order valence-corrected chi connectivity index (χ3v) is 3.72. The first kappa shape index (κ1) is 15.8. The van der Waals surface area contributed by atoms with Gasteiger partial charge in [-0.2, -0.15) is 0 Å². The summed E-state index contributed by atoms with van der Waals surface area (Å²) >= 11 is 0. The number of hydrazine groups is 1. The first-order valence-electron chi connectivity index (χ1n) is 7.75. The molecule has 0 aliphatic carbocycles. The van der Waals surface area contributed by atoms with Crippen LogP contribution in [-0.2, 0) is 16.1 Å². The van der Waals surface area contributed by atoms with Crippen LogP contribution in [0.3, 0.4) is 0 Å². The van der Waals surface area contributed by atoms with Crippen molar-refractivity contribution in [2.75, 3.05) is 0 Å². The molecule has 24 heavy (non-hydrogen) atoms. The molecule has 1 fully saturated rings. The van der Waals surface area contributed by atoms with E-state index in [0.29, 0.717) is 6.42 Å². The molecule has 0 aromatic heterocycles. The second kappa shape index (κ2) is 7.46. The number of β-lactam (4-membered cyclic amide) rings is 1. The molecule has 1 aliphatic rings. The second-order valence-electron chi connectivity index (χ2n) is 5.48. The number of nitrogens with one attached hydrogen (secondary N) is 1. The van der Waals surface area contributed by atoms with E-state index >= 15 is 0 Å². The zero-order valence-electron chi connectivity index (χ0n) is 13.1. The van der Waals surface area contributed by atoms with Crippen LogP contribution in [0.15, 0.2) is 66.7 Å². The second-order valence-corrected chi connectivity index (χ2v) is 5.48. The van der Waals surface area contributed by atoms with E-state index in [1.807, 2.05) is 72.8 Å². The molecule has 1 unspecified atom stereocenters. The van der Waals surface area contributed by atoms with Crippen molar-refractivity contribution >= 4 is 18.1 Å². The highest BCUT2D eigenvalue weighted by Gasteiger charge is 2.36. The highest BCUT2D eigenvalue weighted by Crippen LogP contribution is 2.19. The van der Waals surface area contributed by atoms with Crippen molar-refractivity contribution in [2.45, 2.75) is 19.1 Å². The number of rotatable bonds is 5. The molecule has 2 aromatic rings. The van der Waals surface area contributed by atoms with Crippen LogP contribution in [0.1, 0.15) is 17.5 Å². The van der Waals surface area contributed by atoms with Gasteiger partial charge in [0.05, 0.1) is 12.5 Å². The number of carbonyl (C=O) groups is 2. The van der Waals surface area contributed by atoms with Gasteiger partial charge in [-0.15, -0.1) is 0 Å². The number of benzene rings is 2. The van der Waals surface area contributed by atoms with E-state index in [4.69, 9.17) is 4.74 Å². The molecule has 122 valence electrons. The van der Waals surface area contributed by atoms with E-state index < -0.39 is 6.09 Å². The summed E-state index contributed by atoms with van der Waals surface area (Å²) in [5.41, 5.74) is 4.43. The number of carbonyl (C=O) groups excluding carboxylic acids is 2. The standard InChI is InChI=1S/C19H18N2O3/c22-18-13-17(12-11-15-7-3-1-4-8-15)21(18)20-19(23)24-14-16-9-5-2-6-10-16/h1-12,17H,13-14H2,(H,20,23). The molecule has 5 nitrogen and oxygen atoms in total. The predicted molar refractivity (Wildman–Crippen MR) is 90.5 cm³/mol. The van der Waals surface area contributed by atoms with Crippen molar-refractivity contribution in [1.82, 2.24) is 10.4 Å². The monoisotopic (exact) mass is 322 g/mol. The summed E-state index contributed by atoms with van der Waals surface area (Å²) in [7, 11) is 0. The molecule has 0 spiro atoms. The van der Waals surface area contributed by atoms with Gasteiger partial charge in [-0.1, -0.05) is 72.8 Å². The van der Waals surface area contributed by atoms with Gasteiger partial charge in [-0.3, -0.25) is 4.79 Å². The molecule has 1 saturated heterocycles. The zero-order chi connectivity index (χ0) is 16.8. The number of nitrogens with zero attached hydrogens (tertiary/aromatic N) is 1. The van der Waals surface area contributed by atoms with Crippen LogP contribution < -0.4 is 5.43 Å². The maximum absolute atomic E-state index is 11.8. The summed E-state index contributed by atoms with van der Waals surface area (Å²) < 4.78 is 5.13. The van der Waals surface area contributed by atoms with E-state index in [1.165, 1.54) is 5.01 Å². The minimum Gasteiger partial charge on any atom is -0.443 e. The molecule has 1 N–H and O–H groups in total. The van der Waals surface area contributed by atoms with Crippen LogP contribution in [0, 0.1) is 0 Å². The lowest BCUT2D eigenvalue weighted by Gasteiger charge is -2.37. The van der Waals surface area contributed by atoms with Crippen LogP contribution in [0.2, 0.25) is 0 Å². The Labute approximate surface area is 140 Å². The SMILES string of the molecule is O=C(NN1C(=O)CC1C=Cc1ccccc1)OCc1ccccc1. The highest BCUT2D eigenvalue weighted by atomic mass is 16.6. The van der Waals surface area contributed by atoms with E-state index in [9.17, 15) is 9.59 Å². The first-order chi connectivity index (χ1) is 11.7. The van der Waals surface area contributed by atoms with Gasteiger partial charge in [-0.25, -0.2) is 15.2 Å². The number of hydrogen-bond acceptors (Lipinski definition) is 3. The van der Waals surface area contributed by atoms with Gasteiger partial charge >= 0.3 is 6.09 Å². The molecule has 1 aliphatic heterocycles. The maximum Gasteiger partial charge on any atom is 0.426 e. The molecular formula is C19H18N2O3. The molecule has 0 radical (unpaired) electrons. The highest BCUT2D eigenvalue weighted by molar-refractivity contribution is 5.86. The summed E-state index contributed by atoms with van der Waals surface area (Å²) in [4.78, 5) is 23.5. The van der Waals surface area contributed by atoms with Gasteiger partial charge in [0.25, 0.3) is 0 Å². The van der Waals surface area contributed by atoms with E-state index in [0.717, 1.165) is 11.1 Å². The smallest absolute Gasteiger partial charge is 0.426 e. The average molecular weight is 322 g/mol. The van der Waals surface area contributed by atoms with Crippen LogP contribution in [0.25, 0.3) is 6.08 Å². The van der Waals surface area contributed by atoms with Crippen molar-refractivity contribution in [3.8, 4) is 0 Å².